The minimum Gasteiger partial charge on any atom is -0.495 e. The van der Waals surface area contributed by atoms with E-state index in [1.165, 1.54) is 19.2 Å². The molecule has 0 spiro atoms. The zero-order chi connectivity index (χ0) is 21.7. The Morgan fingerprint density at radius 1 is 1.20 bits per heavy atom. The van der Waals surface area contributed by atoms with Crippen molar-refractivity contribution < 1.29 is 22.7 Å². The van der Waals surface area contributed by atoms with E-state index in [4.69, 9.17) is 9.47 Å². The Morgan fingerprint density at radius 2 is 1.87 bits per heavy atom. The van der Waals surface area contributed by atoms with Gasteiger partial charge >= 0.3 is 0 Å². The van der Waals surface area contributed by atoms with Crippen molar-refractivity contribution in [3.63, 3.8) is 0 Å². The standard InChI is InChI=1S/C21H33N3O5S/c1-15-13-24(14-16(2)29-15)11-10-22-21(25)17-8-9-19(28-3)20(12-17)30(26,27)23-18-6-4-5-7-18/h8-9,12,15-16,18,23H,4-7,10-11,13-14H2,1-3H3,(H,22,25). The van der Waals surface area contributed by atoms with E-state index in [2.05, 4.69) is 14.9 Å². The number of hydrogen-bond acceptors (Lipinski definition) is 6. The summed E-state index contributed by atoms with van der Waals surface area (Å²) in [6.07, 6.45) is 4.06. The van der Waals surface area contributed by atoms with Gasteiger partial charge in [0.2, 0.25) is 10.0 Å². The third-order valence-electron chi connectivity index (χ3n) is 5.60. The quantitative estimate of drug-likeness (QED) is 0.641. The van der Waals surface area contributed by atoms with Crippen molar-refractivity contribution in [3.8, 4) is 5.75 Å². The van der Waals surface area contributed by atoms with Crippen LogP contribution in [-0.4, -0.2) is 70.8 Å². The Morgan fingerprint density at radius 3 is 2.50 bits per heavy atom. The van der Waals surface area contributed by atoms with E-state index >= 15 is 0 Å². The SMILES string of the molecule is COc1ccc(C(=O)NCCN2CC(C)OC(C)C2)cc1S(=O)(=O)NC1CCCC1. The van der Waals surface area contributed by atoms with Gasteiger partial charge in [0.05, 0.1) is 19.3 Å². The van der Waals surface area contributed by atoms with Crippen LogP contribution in [0.2, 0.25) is 0 Å². The maximum Gasteiger partial charge on any atom is 0.251 e. The smallest absolute Gasteiger partial charge is 0.251 e. The first-order chi connectivity index (χ1) is 14.3. The molecule has 1 saturated heterocycles. The van der Waals surface area contributed by atoms with Gasteiger partial charge in [0.25, 0.3) is 5.91 Å². The molecule has 1 aromatic carbocycles. The minimum atomic E-state index is -3.77. The summed E-state index contributed by atoms with van der Waals surface area (Å²) in [4.78, 5) is 14.9. The third kappa shape index (κ3) is 5.94. The van der Waals surface area contributed by atoms with E-state index in [0.717, 1.165) is 38.8 Å². The number of sulfonamides is 1. The number of carbonyl (C=O) groups is 1. The van der Waals surface area contributed by atoms with Crippen LogP contribution in [0, 0.1) is 0 Å². The van der Waals surface area contributed by atoms with Crippen molar-refractivity contribution in [2.24, 2.45) is 0 Å². The van der Waals surface area contributed by atoms with Crippen LogP contribution < -0.4 is 14.8 Å². The van der Waals surface area contributed by atoms with Gasteiger partial charge in [-0.1, -0.05) is 12.8 Å². The number of methoxy groups -OCH3 is 1. The van der Waals surface area contributed by atoms with Crippen molar-refractivity contribution in [2.75, 3.05) is 33.3 Å². The molecule has 1 amide bonds. The minimum absolute atomic E-state index is 0.000351. The molecule has 1 aliphatic carbocycles. The highest BCUT2D eigenvalue weighted by Crippen LogP contribution is 2.27. The summed E-state index contributed by atoms with van der Waals surface area (Å²) in [5.41, 5.74) is 0.298. The number of ether oxygens (including phenoxy) is 2. The fourth-order valence-corrected chi connectivity index (χ4v) is 5.75. The van der Waals surface area contributed by atoms with E-state index < -0.39 is 10.0 Å². The average molecular weight is 440 g/mol. The summed E-state index contributed by atoms with van der Waals surface area (Å²) in [6.45, 7) is 6.94. The van der Waals surface area contributed by atoms with Gasteiger partial charge in [-0.3, -0.25) is 9.69 Å². The largest absolute Gasteiger partial charge is 0.495 e. The van der Waals surface area contributed by atoms with Crippen LogP contribution in [-0.2, 0) is 14.8 Å². The number of amides is 1. The molecule has 0 radical (unpaired) electrons. The number of carbonyl (C=O) groups excluding carboxylic acids is 1. The number of rotatable bonds is 8. The molecule has 2 unspecified atom stereocenters. The van der Waals surface area contributed by atoms with Crippen molar-refractivity contribution in [2.45, 2.75) is 62.7 Å². The lowest BCUT2D eigenvalue weighted by Gasteiger charge is -2.35. The van der Waals surface area contributed by atoms with Crippen LogP contribution in [0.1, 0.15) is 49.9 Å². The Bertz CT molecular complexity index is 829. The maximum absolute atomic E-state index is 12.9. The molecule has 1 saturated carbocycles. The lowest BCUT2D eigenvalue weighted by Crippen LogP contribution is -2.47. The van der Waals surface area contributed by atoms with Gasteiger partial charge in [-0.15, -0.1) is 0 Å². The van der Waals surface area contributed by atoms with Crippen molar-refractivity contribution in [3.05, 3.63) is 23.8 Å². The molecule has 1 aromatic rings. The molecule has 2 N–H and O–H groups in total. The van der Waals surface area contributed by atoms with Crippen LogP contribution in [0.25, 0.3) is 0 Å². The van der Waals surface area contributed by atoms with Crippen molar-refractivity contribution >= 4 is 15.9 Å². The maximum atomic E-state index is 12.9. The van der Waals surface area contributed by atoms with E-state index in [1.54, 1.807) is 6.07 Å². The summed E-state index contributed by atoms with van der Waals surface area (Å²) < 4.78 is 39.5. The van der Waals surface area contributed by atoms with Crippen LogP contribution in [0.15, 0.2) is 23.1 Å². The van der Waals surface area contributed by atoms with Crippen molar-refractivity contribution in [1.82, 2.24) is 14.9 Å². The third-order valence-corrected chi connectivity index (χ3v) is 7.14. The van der Waals surface area contributed by atoms with E-state index in [-0.39, 0.29) is 34.8 Å². The number of hydrogen-bond donors (Lipinski definition) is 2. The van der Waals surface area contributed by atoms with Gasteiger partial charge < -0.3 is 14.8 Å². The van der Waals surface area contributed by atoms with Gasteiger partial charge in [-0.2, -0.15) is 0 Å². The molecule has 2 aliphatic rings. The fraction of sp³-hybridized carbons (Fsp3) is 0.667. The second-order valence-corrected chi connectivity index (χ2v) is 9.92. The normalized spacial score (nSPS) is 23.4. The highest BCUT2D eigenvalue weighted by atomic mass is 32.2. The molecule has 2 fully saturated rings. The Hall–Kier alpha value is -1.68. The number of benzene rings is 1. The highest BCUT2D eigenvalue weighted by molar-refractivity contribution is 7.89. The molecule has 1 aliphatic heterocycles. The predicted octanol–water partition coefficient (Wildman–Crippen LogP) is 1.76. The fourth-order valence-electron chi connectivity index (χ4n) is 4.25. The molecule has 30 heavy (non-hydrogen) atoms. The molecule has 2 atom stereocenters. The molecule has 1 heterocycles. The lowest BCUT2D eigenvalue weighted by molar-refractivity contribution is -0.0672. The molecule has 168 valence electrons. The summed E-state index contributed by atoms with van der Waals surface area (Å²) in [5, 5.41) is 2.89. The zero-order valence-corrected chi connectivity index (χ0v) is 18.8. The lowest BCUT2D eigenvalue weighted by atomic mass is 10.2. The van der Waals surface area contributed by atoms with Crippen LogP contribution in [0.4, 0.5) is 0 Å². The first-order valence-electron chi connectivity index (χ1n) is 10.6. The second-order valence-electron chi connectivity index (χ2n) is 8.24. The average Bonchev–Trinajstić information content (AvgIpc) is 3.19. The molecular formula is C21H33N3O5S. The topological polar surface area (TPSA) is 97.0 Å². The first kappa shape index (κ1) is 23.0. The summed E-state index contributed by atoms with van der Waals surface area (Å²) in [7, 11) is -2.34. The van der Waals surface area contributed by atoms with Crippen molar-refractivity contribution in [1.29, 1.82) is 0 Å². The van der Waals surface area contributed by atoms with Gasteiger partial charge in [-0.05, 0) is 44.9 Å². The number of nitrogens with zero attached hydrogens (tertiary/aromatic N) is 1. The monoisotopic (exact) mass is 439 g/mol. The summed E-state index contributed by atoms with van der Waals surface area (Å²) >= 11 is 0. The highest BCUT2D eigenvalue weighted by Gasteiger charge is 2.27. The molecular weight excluding hydrogens is 406 g/mol. The van der Waals surface area contributed by atoms with Gasteiger partial charge in [0, 0.05) is 37.8 Å². The molecule has 0 bridgehead atoms. The molecule has 3 rings (SSSR count). The second kappa shape index (κ2) is 10.1. The van der Waals surface area contributed by atoms with Crippen LogP contribution in [0.3, 0.4) is 0 Å². The van der Waals surface area contributed by atoms with Crippen LogP contribution in [0.5, 0.6) is 5.75 Å². The molecule has 8 nitrogen and oxygen atoms in total. The van der Waals surface area contributed by atoms with Gasteiger partial charge in [0.1, 0.15) is 10.6 Å². The van der Waals surface area contributed by atoms with E-state index in [1.807, 2.05) is 13.8 Å². The van der Waals surface area contributed by atoms with Crippen LogP contribution >= 0.6 is 0 Å². The summed E-state index contributed by atoms with van der Waals surface area (Å²) in [6, 6.07) is 4.45. The number of morpholine rings is 1. The van der Waals surface area contributed by atoms with Gasteiger partial charge in [-0.25, -0.2) is 13.1 Å². The first-order valence-corrected chi connectivity index (χ1v) is 12.1. The van der Waals surface area contributed by atoms with Gasteiger partial charge in [0.15, 0.2) is 0 Å². The zero-order valence-electron chi connectivity index (χ0n) is 18.0. The number of nitrogens with one attached hydrogen (secondary N) is 2. The van der Waals surface area contributed by atoms with E-state index in [9.17, 15) is 13.2 Å². The summed E-state index contributed by atoms with van der Waals surface area (Å²) in [5.74, 6) is -0.0716. The molecule has 9 heteroatoms. The molecule has 0 aromatic heterocycles. The Labute approximate surface area is 179 Å². The predicted molar refractivity (Wildman–Crippen MR) is 114 cm³/mol. The van der Waals surface area contributed by atoms with E-state index in [0.29, 0.717) is 18.7 Å². The Balaban J connectivity index is 1.64. The Kier molecular flexibility index (Phi) is 7.73.